The fourth-order valence-electron chi connectivity index (χ4n) is 1.48. The van der Waals surface area contributed by atoms with Crippen molar-refractivity contribution in [1.29, 1.82) is 0 Å². The monoisotopic (exact) mass is 256 g/mol. The number of methoxy groups -OCH3 is 1. The number of amides is 1. The number of benzene rings is 1. The van der Waals surface area contributed by atoms with Gasteiger partial charge in [-0.2, -0.15) is 0 Å². The summed E-state index contributed by atoms with van der Waals surface area (Å²) in [5.41, 5.74) is 6.61. The van der Waals surface area contributed by atoms with Crippen LogP contribution in [0.15, 0.2) is 18.2 Å². The highest BCUT2D eigenvalue weighted by Crippen LogP contribution is 2.19. The van der Waals surface area contributed by atoms with Crippen molar-refractivity contribution in [3.63, 3.8) is 0 Å². The Bertz CT molecular complexity index is 409. The zero-order chi connectivity index (χ0) is 13.0. The van der Waals surface area contributed by atoms with Crippen LogP contribution in [0.5, 0.6) is 0 Å². The maximum absolute atomic E-state index is 12.1. The lowest BCUT2D eigenvalue weighted by Crippen LogP contribution is -2.34. The molecule has 4 nitrogen and oxygen atoms in total. The molecule has 1 rings (SSSR count). The molecule has 1 atom stereocenters. The Morgan fingerprint density at radius 2 is 2.24 bits per heavy atom. The number of hydrogen-bond donors (Lipinski definition) is 1. The summed E-state index contributed by atoms with van der Waals surface area (Å²) in [6.45, 7) is 2.41. The lowest BCUT2D eigenvalue weighted by atomic mass is 10.1. The average molecular weight is 257 g/mol. The van der Waals surface area contributed by atoms with Crippen molar-refractivity contribution in [3.8, 4) is 0 Å². The molecule has 5 heteroatoms. The van der Waals surface area contributed by atoms with Gasteiger partial charge in [-0.1, -0.05) is 11.6 Å². The quantitative estimate of drug-likeness (QED) is 0.839. The molecule has 0 bridgehead atoms. The highest BCUT2D eigenvalue weighted by Gasteiger charge is 2.16. The third-order valence-corrected chi connectivity index (χ3v) is 2.76. The summed E-state index contributed by atoms with van der Waals surface area (Å²) in [4.78, 5) is 13.7. The van der Waals surface area contributed by atoms with E-state index in [2.05, 4.69) is 0 Å². The van der Waals surface area contributed by atoms with Crippen molar-refractivity contribution in [3.05, 3.63) is 28.8 Å². The fraction of sp³-hybridized carbons (Fsp3) is 0.417. The van der Waals surface area contributed by atoms with Crippen LogP contribution in [-0.4, -0.2) is 37.6 Å². The molecule has 0 saturated heterocycles. The lowest BCUT2D eigenvalue weighted by molar-refractivity contribution is 0.0601. The lowest BCUT2D eigenvalue weighted by Gasteiger charge is -2.21. The summed E-state index contributed by atoms with van der Waals surface area (Å²) < 4.78 is 5.11. The van der Waals surface area contributed by atoms with E-state index in [1.165, 1.54) is 0 Å². The molecule has 1 amide bonds. The van der Waals surface area contributed by atoms with E-state index in [0.29, 0.717) is 22.8 Å². The third-order valence-electron chi connectivity index (χ3n) is 2.52. The Balaban J connectivity index is 2.81. The zero-order valence-corrected chi connectivity index (χ0v) is 11.0. The first-order chi connectivity index (χ1) is 7.95. The predicted molar refractivity (Wildman–Crippen MR) is 69.3 cm³/mol. The molecule has 1 aromatic rings. The molecule has 1 aromatic carbocycles. The SMILES string of the molecule is COC(C)CN(C)C(=O)c1ccc(Cl)cc1N. The molecule has 94 valence electrons. The van der Waals surface area contributed by atoms with Crippen LogP contribution in [0.1, 0.15) is 17.3 Å². The van der Waals surface area contributed by atoms with Crippen LogP contribution in [0, 0.1) is 0 Å². The molecule has 0 saturated carbocycles. The van der Waals surface area contributed by atoms with Gasteiger partial charge in [0.2, 0.25) is 0 Å². The van der Waals surface area contributed by atoms with Gasteiger partial charge in [-0.3, -0.25) is 4.79 Å². The number of hydrogen-bond acceptors (Lipinski definition) is 3. The van der Waals surface area contributed by atoms with Gasteiger partial charge in [0.05, 0.1) is 11.7 Å². The highest BCUT2D eigenvalue weighted by atomic mass is 35.5. The third kappa shape index (κ3) is 3.61. The molecule has 0 radical (unpaired) electrons. The van der Waals surface area contributed by atoms with E-state index in [-0.39, 0.29) is 12.0 Å². The normalized spacial score (nSPS) is 12.2. The topological polar surface area (TPSA) is 55.6 Å². The number of nitrogens with zero attached hydrogens (tertiary/aromatic N) is 1. The van der Waals surface area contributed by atoms with Crippen molar-refractivity contribution in [1.82, 2.24) is 4.90 Å². The number of nitrogens with two attached hydrogens (primary N) is 1. The fourth-order valence-corrected chi connectivity index (χ4v) is 1.66. The molecule has 1 unspecified atom stereocenters. The van der Waals surface area contributed by atoms with E-state index < -0.39 is 0 Å². The number of ether oxygens (including phenoxy) is 1. The minimum Gasteiger partial charge on any atom is -0.398 e. The summed E-state index contributed by atoms with van der Waals surface area (Å²) in [6.07, 6.45) is -0.0162. The van der Waals surface area contributed by atoms with Crippen molar-refractivity contribution in [2.24, 2.45) is 0 Å². The number of anilines is 1. The van der Waals surface area contributed by atoms with Gasteiger partial charge in [0.15, 0.2) is 0 Å². The highest BCUT2D eigenvalue weighted by molar-refractivity contribution is 6.31. The van der Waals surface area contributed by atoms with Gasteiger partial charge in [0, 0.05) is 31.4 Å². The minimum atomic E-state index is -0.136. The van der Waals surface area contributed by atoms with Gasteiger partial charge in [-0.15, -0.1) is 0 Å². The van der Waals surface area contributed by atoms with Crippen LogP contribution in [0.2, 0.25) is 5.02 Å². The smallest absolute Gasteiger partial charge is 0.255 e. The van der Waals surface area contributed by atoms with Crippen LogP contribution in [0.3, 0.4) is 0 Å². The summed E-state index contributed by atoms with van der Waals surface area (Å²) in [5.74, 6) is -0.136. The summed E-state index contributed by atoms with van der Waals surface area (Å²) in [6, 6.07) is 4.86. The maximum Gasteiger partial charge on any atom is 0.255 e. The minimum absolute atomic E-state index is 0.0162. The Hall–Kier alpha value is -1.26. The van der Waals surface area contributed by atoms with E-state index in [4.69, 9.17) is 22.1 Å². The summed E-state index contributed by atoms with van der Waals surface area (Å²) in [7, 11) is 3.32. The summed E-state index contributed by atoms with van der Waals surface area (Å²) in [5, 5.41) is 0.520. The second kappa shape index (κ2) is 5.89. The second-order valence-corrected chi connectivity index (χ2v) is 4.40. The molecule has 0 heterocycles. The van der Waals surface area contributed by atoms with E-state index in [1.807, 2.05) is 6.92 Å². The van der Waals surface area contributed by atoms with Gasteiger partial charge in [-0.05, 0) is 25.1 Å². The first-order valence-corrected chi connectivity index (χ1v) is 5.66. The number of carbonyl (C=O) groups excluding carboxylic acids is 1. The number of nitrogen functional groups attached to an aromatic ring is 1. The van der Waals surface area contributed by atoms with Gasteiger partial charge in [0.25, 0.3) is 5.91 Å². The van der Waals surface area contributed by atoms with Crippen molar-refractivity contribution >= 4 is 23.2 Å². The van der Waals surface area contributed by atoms with Crippen molar-refractivity contribution < 1.29 is 9.53 Å². The average Bonchev–Trinajstić information content (AvgIpc) is 2.28. The van der Waals surface area contributed by atoms with Gasteiger partial charge >= 0.3 is 0 Å². The van der Waals surface area contributed by atoms with Crippen LogP contribution in [-0.2, 0) is 4.74 Å². The molecule has 0 spiro atoms. The van der Waals surface area contributed by atoms with Crippen LogP contribution in [0.4, 0.5) is 5.69 Å². The van der Waals surface area contributed by atoms with Crippen LogP contribution in [0.25, 0.3) is 0 Å². The molecule has 0 aromatic heterocycles. The molecule has 17 heavy (non-hydrogen) atoms. The van der Waals surface area contributed by atoms with Gasteiger partial charge in [0.1, 0.15) is 0 Å². The maximum atomic E-state index is 12.1. The van der Waals surface area contributed by atoms with E-state index in [9.17, 15) is 4.79 Å². The summed E-state index contributed by atoms with van der Waals surface area (Å²) >= 11 is 5.78. The zero-order valence-electron chi connectivity index (χ0n) is 10.2. The number of rotatable bonds is 4. The second-order valence-electron chi connectivity index (χ2n) is 3.96. The standard InChI is InChI=1S/C12H17ClN2O2/c1-8(17-3)7-15(2)12(16)10-5-4-9(13)6-11(10)14/h4-6,8H,7,14H2,1-3H3. The van der Waals surface area contributed by atoms with Crippen LogP contribution >= 0.6 is 11.6 Å². The number of halogens is 1. The molecule has 2 N–H and O–H groups in total. The number of likely N-dealkylation sites (N-methyl/N-ethyl adjacent to an activating group) is 1. The van der Waals surface area contributed by atoms with E-state index in [0.717, 1.165) is 0 Å². The Morgan fingerprint density at radius 1 is 1.59 bits per heavy atom. The largest absolute Gasteiger partial charge is 0.398 e. The van der Waals surface area contributed by atoms with E-state index in [1.54, 1.807) is 37.3 Å². The van der Waals surface area contributed by atoms with Gasteiger partial charge in [-0.25, -0.2) is 0 Å². The molecular formula is C12H17ClN2O2. The molecule has 0 aliphatic rings. The van der Waals surface area contributed by atoms with Crippen molar-refractivity contribution in [2.75, 3.05) is 26.4 Å². The van der Waals surface area contributed by atoms with Gasteiger partial charge < -0.3 is 15.4 Å². The molecular weight excluding hydrogens is 240 g/mol. The van der Waals surface area contributed by atoms with E-state index >= 15 is 0 Å². The Morgan fingerprint density at radius 3 is 2.76 bits per heavy atom. The van der Waals surface area contributed by atoms with Crippen LogP contribution < -0.4 is 5.73 Å². The molecule has 0 fully saturated rings. The first kappa shape index (κ1) is 13.8. The van der Waals surface area contributed by atoms with Crippen molar-refractivity contribution in [2.45, 2.75) is 13.0 Å². The molecule has 0 aliphatic heterocycles. The predicted octanol–water partition coefficient (Wildman–Crippen LogP) is 2.03. The number of carbonyl (C=O) groups is 1. The Kier molecular flexibility index (Phi) is 4.78. The molecule has 0 aliphatic carbocycles. The Labute approximate surface area is 106 Å². The first-order valence-electron chi connectivity index (χ1n) is 5.29.